The summed E-state index contributed by atoms with van der Waals surface area (Å²) in [6.07, 6.45) is 3.76. The molecule has 4 rings (SSSR count). The van der Waals surface area contributed by atoms with Crippen molar-refractivity contribution in [3.05, 3.63) is 46.1 Å². The Balaban J connectivity index is 1.61. The number of nitrogens with one attached hydrogen (secondary N) is 1. The van der Waals surface area contributed by atoms with Crippen LogP contribution in [-0.2, 0) is 10.2 Å². The smallest absolute Gasteiger partial charge is 0.231 e. The van der Waals surface area contributed by atoms with Gasteiger partial charge < -0.3 is 19.5 Å². The van der Waals surface area contributed by atoms with E-state index in [4.69, 9.17) is 14.2 Å². The standard InChI is InChI=1S/C19H21BrN2O3/c1-13-8-15(20)10-21-18(13)22-11-19(4-6-23-7-5-19)14-2-3-16-17(9-14)25-12-24-16/h2-3,8-10H,4-7,11-12H2,1H3,(H,21,22). The van der Waals surface area contributed by atoms with Gasteiger partial charge in [-0.15, -0.1) is 0 Å². The highest BCUT2D eigenvalue weighted by Gasteiger charge is 2.35. The maximum absolute atomic E-state index is 5.62. The number of hydrogen-bond donors (Lipinski definition) is 1. The molecular weight excluding hydrogens is 384 g/mol. The quantitative estimate of drug-likeness (QED) is 0.832. The van der Waals surface area contributed by atoms with E-state index in [1.54, 1.807) is 0 Å². The molecule has 0 amide bonds. The molecule has 25 heavy (non-hydrogen) atoms. The number of benzene rings is 1. The van der Waals surface area contributed by atoms with Gasteiger partial charge in [0.15, 0.2) is 11.5 Å². The van der Waals surface area contributed by atoms with Crippen molar-refractivity contribution in [1.29, 1.82) is 0 Å². The molecule has 0 bridgehead atoms. The van der Waals surface area contributed by atoms with Gasteiger partial charge in [-0.2, -0.15) is 0 Å². The number of aryl methyl sites for hydroxylation is 1. The zero-order valence-corrected chi connectivity index (χ0v) is 15.8. The van der Waals surface area contributed by atoms with Crippen LogP contribution in [0.15, 0.2) is 34.9 Å². The summed E-state index contributed by atoms with van der Waals surface area (Å²) in [6.45, 7) is 4.71. The van der Waals surface area contributed by atoms with Crippen LogP contribution < -0.4 is 14.8 Å². The Bertz CT molecular complexity index is 775. The fraction of sp³-hybridized carbons (Fsp3) is 0.421. The van der Waals surface area contributed by atoms with Crippen LogP contribution in [0.2, 0.25) is 0 Å². The largest absolute Gasteiger partial charge is 0.454 e. The van der Waals surface area contributed by atoms with Crippen molar-refractivity contribution in [3.63, 3.8) is 0 Å². The lowest BCUT2D eigenvalue weighted by molar-refractivity contribution is 0.0543. The van der Waals surface area contributed by atoms with Gasteiger partial charge >= 0.3 is 0 Å². The van der Waals surface area contributed by atoms with Crippen molar-refractivity contribution in [2.24, 2.45) is 0 Å². The molecule has 0 unspecified atom stereocenters. The van der Waals surface area contributed by atoms with Gasteiger partial charge in [0.25, 0.3) is 0 Å². The number of rotatable bonds is 4. The van der Waals surface area contributed by atoms with Crippen LogP contribution in [0.3, 0.4) is 0 Å². The lowest BCUT2D eigenvalue weighted by atomic mass is 9.74. The SMILES string of the molecule is Cc1cc(Br)cnc1NCC1(c2ccc3c(c2)OCO3)CCOCC1. The van der Waals surface area contributed by atoms with Crippen molar-refractivity contribution in [1.82, 2.24) is 4.98 Å². The summed E-state index contributed by atoms with van der Waals surface area (Å²) >= 11 is 3.47. The molecule has 1 aromatic heterocycles. The molecule has 2 aromatic rings. The maximum Gasteiger partial charge on any atom is 0.231 e. The second kappa shape index (κ2) is 6.84. The molecule has 6 heteroatoms. The average molecular weight is 405 g/mol. The molecule has 1 aromatic carbocycles. The van der Waals surface area contributed by atoms with Gasteiger partial charge in [0, 0.05) is 35.8 Å². The molecule has 0 saturated carbocycles. The predicted octanol–water partition coefficient (Wildman–Crippen LogP) is 4.04. The number of ether oxygens (including phenoxy) is 3. The normalized spacial score (nSPS) is 18.2. The molecule has 132 valence electrons. The number of anilines is 1. The zero-order valence-electron chi connectivity index (χ0n) is 14.2. The third kappa shape index (κ3) is 3.33. The Morgan fingerprint density at radius 2 is 1.96 bits per heavy atom. The third-order valence-electron chi connectivity index (χ3n) is 5.07. The summed E-state index contributed by atoms with van der Waals surface area (Å²) in [5.41, 5.74) is 2.39. The molecule has 0 atom stereocenters. The Kier molecular flexibility index (Phi) is 4.56. The molecule has 1 saturated heterocycles. The van der Waals surface area contributed by atoms with E-state index in [-0.39, 0.29) is 5.41 Å². The van der Waals surface area contributed by atoms with E-state index in [9.17, 15) is 0 Å². The first-order chi connectivity index (χ1) is 12.2. The topological polar surface area (TPSA) is 52.6 Å². The van der Waals surface area contributed by atoms with E-state index in [0.717, 1.165) is 60.0 Å². The van der Waals surface area contributed by atoms with Crippen LogP contribution in [0.4, 0.5) is 5.82 Å². The number of halogens is 1. The van der Waals surface area contributed by atoms with Gasteiger partial charge in [-0.3, -0.25) is 0 Å². The highest BCUT2D eigenvalue weighted by atomic mass is 79.9. The second-order valence-electron chi connectivity index (χ2n) is 6.63. The van der Waals surface area contributed by atoms with E-state index in [0.29, 0.717) is 6.79 Å². The summed E-state index contributed by atoms with van der Waals surface area (Å²) in [7, 11) is 0. The first-order valence-electron chi connectivity index (χ1n) is 8.50. The van der Waals surface area contributed by atoms with Crippen molar-refractivity contribution in [2.45, 2.75) is 25.2 Å². The first-order valence-corrected chi connectivity index (χ1v) is 9.30. The third-order valence-corrected chi connectivity index (χ3v) is 5.51. The molecular formula is C19H21BrN2O3. The highest BCUT2D eigenvalue weighted by molar-refractivity contribution is 9.10. The van der Waals surface area contributed by atoms with Crippen molar-refractivity contribution < 1.29 is 14.2 Å². The summed E-state index contributed by atoms with van der Waals surface area (Å²) in [6, 6.07) is 8.37. The van der Waals surface area contributed by atoms with E-state index in [1.807, 2.05) is 12.3 Å². The number of fused-ring (bicyclic) bond motifs is 1. The predicted molar refractivity (Wildman–Crippen MR) is 99.5 cm³/mol. The molecule has 0 spiro atoms. The minimum atomic E-state index is 0.000420. The van der Waals surface area contributed by atoms with Gasteiger partial charge in [0.1, 0.15) is 5.82 Å². The number of pyridine rings is 1. The maximum atomic E-state index is 5.62. The van der Waals surface area contributed by atoms with Crippen LogP contribution in [0.25, 0.3) is 0 Å². The number of aromatic nitrogens is 1. The van der Waals surface area contributed by atoms with Crippen LogP contribution >= 0.6 is 15.9 Å². The van der Waals surface area contributed by atoms with Crippen molar-refractivity contribution in [2.75, 3.05) is 31.9 Å². The monoisotopic (exact) mass is 404 g/mol. The minimum Gasteiger partial charge on any atom is -0.454 e. The minimum absolute atomic E-state index is 0.000420. The van der Waals surface area contributed by atoms with Crippen molar-refractivity contribution >= 4 is 21.7 Å². The van der Waals surface area contributed by atoms with E-state index in [1.165, 1.54) is 5.56 Å². The Hall–Kier alpha value is -1.79. The van der Waals surface area contributed by atoms with E-state index >= 15 is 0 Å². The fourth-order valence-corrected chi connectivity index (χ4v) is 3.98. The van der Waals surface area contributed by atoms with Crippen molar-refractivity contribution in [3.8, 4) is 11.5 Å². The van der Waals surface area contributed by atoms with Gasteiger partial charge in [-0.1, -0.05) is 6.07 Å². The Morgan fingerprint density at radius 3 is 2.76 bits per heavy atom. The Morgan fingerprint density at radius 1 is 1.16 bits per heavy atom. The summed E-state index contributed by atoms with van der Waals surface area (Å²) < 4.78 is 17.6. The fourth-order valence-electron chi connectivity index (χ4n) is 3.53. The van der Waals surface area contributed by atoms with E-state index in [2.05, 4.69) is 51.4 Å². The summed E-state index contributed by atoms with van der Waals surface area (Å²) in [5.74, 6) is 2.58. The lowest BCUT2D eigenvalue weighted by Crippen LogP contribution is -2.40. The molecule has 5 nitrogen and oxygen atoms in total. The van der Waals surface area contributed by atoms with E-state index < -0.39 is 0 Å². The summed E-state index contributed by atoms with van der Waals surface area (Å²) in [4.78, 5) is 4.51. The Labute approximate surface area is 155 Å². The summed E-state index contributed by atoms with van der Waals surface area (Å²) in [5, 5.41) is 3.56. The van der Waals surface area contributed by atoms with Gasteiger partial charge in [0.2, 0.25) is 6.79 Å². The second-order valence-corrected chi connectivity index (χ2v) is 7.55. The number of hydrogen-bond acceptors (Lipinski definition) is 5. The molecule has 0 aliphatic carbocycles. The molecule has 2 aliphatic rings. The lowest BCUT2D eigenvalue weighted by Gasteiger charge is -2.38. The molecule has 1 fully saturated rings. The highest BCUT2D eigenvalue weighted by Crippen LogP contribution is 2.41. The van der Waals surface area contributed by atoms with Gasteiger partial charge in [-0.05, 0) is 65.0 Å². The first kappa shape index (κ1) is 16.7. The van der Waals surface area contributed by atoms with Gasteiger partial charge in [-0.25, -0.2) is 4.98 Å². The average Bonchev–Trinajstić information content (AvgIpc) is 3.09. The molecule has 3 heterocycles. The molecule has 1 N–H and O–H groups in total. The zero-order chi connectivity index (χ0) is 17.3. The number of nitrogens with zero attached hydrogens (tertiary/aromatic N) is 1. The van der Waals surface area contributed by atoms with Crippen LogP contribution in [0.5, 0.6) is 11.5 Å². The molecule has 2 aliphatic heterocycles. The van der Waals surface area contributed by atoms with Crippen LogP contribution in [-0.4, -0.2) is 31.5 Å². The molecule has 0 radical (unpaired) electrons. The van der Waals surface area contributed by atoms with Crippen LogP contribution in [0, 0.1) is 6.92 Å². The van der Waals surface area contributed by atoms with Gasteiger partial charge in [0.05, 0.1) is 0 Å². The van der Waals surface area contributed by atoms with Crippen LogP contribution in [0.1, 0.15) is 24.0 Å².